The van der Waals surface area contributed by atoms with Gasteiger partial charge in [0.1, 0.15) is 0 Å². The average molecular weight is 252 g/mol. The summed E-state index contributed by atoms with van der Waals surface area (Å²) in [5.41, 5.74) is 7.90. The van der Waals surface area contributed by atoms with Crippen LogP contribution in [0.1, 0.15) is 38.7 Å². The fraction of sp³-hybridized carbons (Fsp3) is 0.600. The molecule has 94 valence electrons. The molecular formula is C15H22ClN. The molecule has 1 nitrogen and oxygen atoms in total. The fourth-order valence-corrected chi connectivity index (χ4v) is 3.13. The van der Waals surface area contributed by atoms with Gasteiger partial charge in [0.25, 0.3) is 0 Å². The average Bonchev–Trinajstić information content (AvgIpc) is 2.27. The van der Waals surface area contributed by atoms with Crippen molar-refractivity contribution in [1.29, 1.82) is 0 Å². The molecule has 2 heteroatoms. The topological polar surface area (TPSA) is 26.0 Å². The van der Waals surface area contributed by atoms with Crippen molar-refractivity contribution in [2.75, 3.05) is 0 Å². The molecule has 2 N–H and O–H groups in total. The number of hydrogen-bond donors (Lipinski definition) is 1. The Kier molecular flexibility index (Phi) is 3.79. The van der Waals surface area contributed by atoms with E-state index in [2.05, 4.69) is 26.0 Å². The van der Waals surface area contributed by atoms with Crippen LogP contribution in [0.3, 0.4) is 0 Å². The molecule has 0 aromatic heterocycles. The lowest BCUT2D eigenvalue weighted by Gasteiger charge is -2.42. The lowest BCUT2D eigenvalue weighted by atomic mass is 9.68. The summed E-state index contributed by atoms with van der Waals surface area (Å²) in [5.74, 6) is 1.36. The summed E-state index contributed by atoms with van der Waals surface area (Å²) in [6.07, 6.45) is 4.68. The van der Waals surface area contributed by atoms with Crippen LogP contribution in [0.2, 0.25) is 5.02 Å². The summed E-state index contributed by atoms with van der Waals surface area (Å²) >= 11 is 5.91. The molecule has 1 aromatic rings. The summed E-state index contributed by atoms with van der Waals surface area (Å²) in [5, 5.41) is 0.796. The van der Waals surface area contributed by atoms with E-state index in [1.807, 2.05) is 12.1 Å². The van der Waals surface area contributed by atoms with Crippen molar-refractivity contribution in [1.82, 2.24) is 0 Å². The van der Waals surface area contributed by atoms with Crippen molar-refractivity contribution in [2.24, 2.45) is 17.6 Å². The number of hydrogen-bond acceptors (Lipinski definition) is 1. The van der Waals surface area contributed by atoms with Gasteiger partial charge in [-0.25, -0.2) is 0 Å². The first-order chi connectivity index (χ1) is 7.99. The van der Waals surface area contributed by atoms with Gasteiger partial charge in [-0.05, 0) is 48.8 Å². The SMILES string of the molecule is CC1CCC(C)C(N)(Cc2ccc(Cl)cc2)C1. The second-order valence-corrected chi connectivity index (χ2v) is 6.26. The van der Waals surface area contributed by atoms with Crippen molar-refractivity contribution >= 4 is 11.6 Å². The van der Waals surface area contributed by atoms with Crippen LogP contribution in [0.25, 0.3) is 0 Å². The van der Waals surface area contributed by atoms with Gasteiger partial charge in [-0.2, -0.15) is 0 Å². The molecule has 3 atom stereocenters. The minimum Gasteiger partial charge on any atom is -0.325 e. The molecule has 1 fully saturated rings. The maximum Gasteiger partial charge on any atom is 0.0406 e. The summed E-state index contributed by atoms with van der Waals surface area (Å²) in [6, 6.07) is 8.11. The van der Waals surface area contributed by atoms with Crippen LogP contribution in [0.4, 0.5) is 0 Å². The molecule has 1 aromatic carbocycles. The van der Waals surface area contributed by atoms with E-state index >= 15 is 0 Å². The largest absolute Gasteiger partial charge is 0.325 e. The van der Waals surface area contributed by atoms with E-state index < -0.39 is 0 Å². The molecular weight excluding hydrogens is 230 g/mol. The summed E-state index contributed by atoms with van der Waals surface area (Å²) in [4.78, 5) is 0. The molecule has 3 unspecified atom stereocenters. The van der Waals surface area contributed by atoms with Gasteiger partial charge in [0.05, 0.1) is 0 Å². The van der Waals surface area contributed by atoms with Crippen molar-refractivity contribution in [3.05, 3.63) is 34.9 Å². The highest BCUT2D eigenvalue weighted by Gasteiger charge is 2.36. The van der Waals surface area contributed by atoms with Crippen molar-refractivity contribution < 1.29 is 0 Å². The molecule has 1 saturated carbocycles. The Bertz CT molecular complexity index is 373. The second kappa shape index (κ2) is 4.99. The van der Waals surface area contributed by atoms with Crippen LogP contribution in [0.15, 0.2) is 24.3 Å². The maximum atomic E-state index is 6.63. The van der Waals surface area contributed by atoms with Crippen LogP contribution in [0, 0.1) is 11.8 Å². The van der Waals surface area contributed by atoms with Crippen LogP contribution >= 0.6 is 11.6 Å². The molecule has 17 heavy (non-hydrogen) atoms. The first-order valence-corrected chi connectivity index (χ1v) is 6.91. The lowest BCUT2D eigenvalue weighted by molar-refractivity contribution is 0.161. The van der Waals surface area contributed by atoms with Crippen molar-refractivity contribution in [2.45, 2.75) is 45.1 Å². The van der Waals surface area contributed by atoms with E-state index in [1.165, 1.54) is 18.4 Å². The zero-order valence-electron chi connectivity index (χ0n) is 10.7. The van der Waals surface area contributed by atoms with Crippen LogP contribution in [-0.2, 0) is 6.42 Å². The van der Waals surface area contributed by atoms with Crippen LogP contribution < -0.4 is 5.73 Å². The molecule has 2 rings (SSSR count). The predicted octanol–water partition coefficient (Wildman–Crippen LogP) is 4.04. The maximum absolute atomic E-state index is 6.63. The van der Waals surface area contributed by atoms with E-state index in [0.29, 0.717) is 5.92 Å². The Morgan fingerprint density at radius 1 is 1.24 bits per heavy atom. The van der Waals surface area contributed by atoms with Crippen molar-refractivity contribution in [3.8, 4) is 0 Å². The van der Waals surface area contributed by atoms with E-state index in [9.17, 15) is 0 Å². The molecule has 0 radical (unpaired) electrons. The number of rotatable bonds is 2. The Morgan fingerprint density at radius 3 is 2.53 bits per heavy atom. The van der Waals surface area contributed by atoms with Crippen molar-refractivity contribution in [3.63, 3.8) is 0 Å². The Morgan fingerprint density at radius 2 is 1.88 bits per heavy atom. The normalized spacial score (nSPS) is 33.6. The van der Waals surface area contributed by atoms with Crippen LogP contribution in [-0.4, -0.2) is 5.54 Å². The van der Waals surface area contributed by atoms with E-state index in [1.54, 1.807) is 0 Å². The van der Waals surface area contributed by atoms with Gasteiger partial charge in [0.2, 0.25) is 0 Å². The van der Waals surface area contributed by atoms with Gasteiger partial charge in [-0.3, -0.25) is 0 Å². The van der Waals surface area contributed by atoms with Gasteiger partial charge >= 0.3 is 0 Å². The number of benzene rings is 1. The zero-order chi connectivity index (χ0) is 12.5. The zero-order valence-corrected chi connectivity index (χ0v) is 11.5. The molecule has 1 aliphatic carbocycles. The summed E-state index contributed by atoms with van der Waals surface area (Å²) in [6.45, 7) is 4.61. The summed E-state index contributed by atoms with van der Waals surface area (Å²) in [7, 11) is 0. The minimum atomic E-state index is -0.0362. The van der Waals surface area contributed by atoms with Gasteiger partial charge in [0, 0.05) is 10.6 Å². The highest BCUT2D eigenvalue weighted by atomic mass is 35.5. The third-order valence-corrected chi connectivity index (χ3v) is 4.50. The Balaban J connectivity index is 2.12. The molecule has 0 heterocycles. The smallest absolute Gasteiger partial charge is 0.0406 e. The molecule has 0 saturated heterocycles. The summed E-state index contributed by atoms with van der Waals surface area (Å²) < 4.78 is 0. The van der Waals surface area contributed by atoms with Gasteiger partial charge < -0.3 is 5.73 Å². The Labute approximate surface area is 109 Å². The third kappa shape index (κ3) is 3.02. The quantitative estimate of drug-likeness (QED) is 0.844. The minimum absolute atomic E-state index is 0.0362. The lowest BCUT2D eigenvalue weighted by Crippen LogP contribution is -2.51. The van der Waals surface area contributed by atoms with Crippen LogP contribution in [0.5, 0.6) is 0 Å². The number of nitrogens with two attached hydrogens (primary N) is 1. The van der Waals surface area contributed by atoms with Gasteiger partial charge in [0.15, 0.2) is 0 Å². The Hall–Kier alpha value is -0.530. The fourth-order valence-electron chi connectivity index (χ4n) is 3.00. The molecule has 0 aliphatic heterocycles. The second-order valence-electron chi connectivity index (χ2n) is 5.82. The highest BCUT2D eigenvalue weighted by molar-refractivity contribution is 6.30. The molecule has 0 bridgehead atoms. The molecule has 0 amide bonds. The number of halogens is 1. The molecule has 1 aliphatic rings. The van der Waals surface area contributed by atoms with E-state index in [4.69, 9.17) is 17.3 Å². The predicted molar refractivity (Wildman–Crippen MR) is 74.3 cm³/mol. The molecule has 0 spiro atoms. The third-order valence-electron chi connectivity index (χ3n) is 4.25. The first-order valence-electron chi connectivity index (χ1n) is 6.53. The first kappa shape index (κ1) is 12.9. The van der Waals surface area contributed by atoms with Gasteiger partial charge in [-0.15, -0.1) is 0 Å². The standard InChI is InChI=1S/C15H22ClN/c1-11-3-4-12(2)15(17,9-11)10-13-5-7-14(16)8-6-13/h5-8,11-12H,3-4,9-10,17H2,1-2H3. The van der Waals surface area contributed by atoms with Gasteiger partial charge in [-0.1, -0.05) is 44.0 Å². The highest BCUT2D eigenvalue weighted by Crippen LogP contribution is 2.37. The van der Waals surface area contributed by atoms with E-state index in [0.717, 1.165) is 23.8 Å². The monoisotopic (exact) mass is 251 g/mol. The van der Waals surface area contributed by atoms with E-state index in [-0.39, 0.29) is 5.54 Å².